The number of nitrogens with one attached hydrogen (secondary N) is 1. The summed E-state index contributed by atoms with van der Waals surface area (Å²) in [5, 5.41) is 3.10. The molecule has 18 heavy (non-hydrogen) atoms. The van der Waals surface area contributed by atoms with E-state index in [-0.39, 0.29) is 30.3 Å². The molecule has 2 aliphatic rings. The molecule has 2 rings (SSSR count). The summed E-state index contributed by atoms with van der Waals surface area (Å²) in [6, 6.07) is -0.410. The number of ether oxygens (including phenoxy) is 1. The van der Waals surface area contributed by atoms with Gasteiger partial charge >= 0.3 is 0 Å². The Morgan fingerprint density at radius 1 is 1.39 bits per heavy atom. The van der Waals surface area contributed by atoms with Crippen molar-refractivity contribution in [1.29, 1.82) is 0 Å². The van der Waals surface area contributed by atoms with E-state index in [9.17, 15) is 9.59 Å². The molecule has 0 bridgehead atoms. The zero-order valence-electron chi connectivity index (χ0n) is 11.1. The van der Waals surface area contributed by atoms with Crippen LogP contribution in [0.3, 0.4) is 0 Å². The molecule has 1 saturated heterocycles. The number of likely N-dealkylation sites (tertiary alicyclic amines) is 1. The van der Waals surface area contributed by atoms with Gasteiger partial charge in [-0.25, -0.2) is 0 Å². The average molecular weight is 254 g/mol. The van der Waals surface area contributed by atoms with E-state index in [2.05, 4.69) is 5.32 Å². The standard InChI is InChI=1S/C13H22N2O3/c1-9(2)15-12(16)7-11(13(15)17)14-5-6-18-8-10-3-4-10/h9-11,14H,3-8H2,1-2H3. The van der Waals surface area contributed by atoms with Crippen LogP contribution in [0.25, 0.3) is 0 Å². The highest BCUT2D eigenvalue weighted by molar-refractivity contribution is 6.05. The molecular weight excluding hydrogens is 232 g/mol. The van der Waals surface area contributed by atoms with Gasteiger partial charge in [-0.2, -0.15) is 0 Å². The van der Waals surface area contributed by atoms with Gasteiger partial charge in [0.1, 0.15) is 0 Å². The van der Waals surface area contributed by atoms with Gasteiger partial charge in [-0.05, 0) is 32.6 Å². The van der Waals surface area contributed by atoms with Gasteiger partial charge in [0.25, 0.3) is 0 Å². The maximum Gasteiger partial charge on any atom is 0.247 e. The second kappa shape index (κ2) is 5.80. The van der Waals surface area contributed by atoms with E-state index < -0.39 is 0 Å². The number of hydrogen-bond acceptors (Lipinski definition) is 4. The third-order valence-corrected chi connectivity index (χ3v) is 3.39. The second-order valence-electron chi connectivity index (χ2n) is 5.42. The Labute approximate surface area is 108 Å². The Bertz CT molecular complexity index is 326. The molecule has 102 valence electrons. The van der Waals surface area contributed by atoms with Crippen molar-refractivity contribution in [2.45, 2.75) is 45.2 Å². The van der Waals surface area contributed by atoms with Crippen LogP contribution in [-0.4, -0.2) is 48.6 Å². The van der Waals surface area contributed by atoms with Crippen molar-refractivity contribution in [3.8, 4) is 0 Å². The summed E-state index contributed by atoms with van der Waals surface area (Å²) in [6.45, 7) is 5.78. The van der Waals surface area contributed by atoms with E-state index >= 15 is 0 Å². The first kappa shape index (κ1) is 13.5. The molecule has 0 aromatic carbocycles. The summed E-state index contributed by atoms with van der Waals surface area (Å²) >= 11 is 0. The first-order chi connectivity index (χ1) is 8.59. The molecule has 0 spiro atoms. The normalized spacial score (nSPS) is 24.4. The lowest BCUT2D eigenvalue weighted by molar-refractivity contribution is -0.140. The van der Waals surface area contributed by atoms with Crippen molar-refractivity contribution in [2.24, 2.45) is 5.92 Å². The molecule has 2 fully saturated rings. The molecule has 0 aromatic heterocycles. The molecule has 1 N–H and O–H groups in total. The molecule has 1 heterocycles. The molecule has 0 radical (unpaired) electrons. The summed E-state index contributed by atoms with van der Waals surface area (Å²) in [4.78, 5) is 24.9. The van der Waals surface area contributed by atoms with Gasteiger partial charge in [-0.15, -0.1) is 0 Å². The van der Waals surface area contributed by atoms with Gasteiger partial charge in [0.05, 0.1) is 19.1 Å². The smallest absolute Gasteiger partial charge is 0.247 e. The molecule has 1 atom stereocenters. The quantitative estimate of drug-likeness (QED) is 0.532. The van der Waals surface area contributed by atoms with E-state index in [0.717, 1.165) is 12.5 Å². The minimum atomic E-state index is -0.357. The van der Waals surface area contributed by atoms with Crippen LogP contribution in [0, 0.1) is 5.92 Å². The SMILES string of the molecule is CC(C)N1C(=O)CC(NCCOCC2CC2)C1=O. The molecule has 1 saturated carbocycles. The van der Waals surface area contributed by atoms with Crippen LogP contribution in [-0.2, 0) is 14.3 Å². The van der Waals surface area contributed by atoms with Gasteiger partial charge < -0.3 is 10.1 Å². The lowest BCUT2D eigenvalue weighted by atomic mass is 10.2. The molecule has 5 heteroatoms. The highest BCUT2D eigenvalue weighted by Crippen LogP contribution is 2.28. The largest absolute Gasteiger partial charge is 0.380 e. The summed E-state index contributed by atoms with van der Waals surface area (Å²) < 4.78 is 5.48. The van der Waals surface area contributed by atoms with Crippen LogP contribution in [0.4, 0.5) is 0 Å². The number of hydrogen-bond donors (Lipinski definition) is 1. The predicted octanol–water partition coefficient (Wildman–Crippen LogP) is 0.538. The number of carbonyl (C=O) groups excluding carboxylic acids is 2. The minimum Gasteiger partial charge on any atom is -0.380 e. The zero-order valence-corrected chi connectivity index (χ0v) is 11.1. The number of nitrogens with zero attached hydrogens (tertiary/aromatic N) is 1. The molecule has 0 aromatic rings. The molecule has 2 amide bonds. The average Bonchev–Trinajstić information content (AvgIpc) is 3.05. The maximum atomic E-state index is 11.9. The number of amides is 2. The Balaban J connectivity index is 1.66. The van der Waals surface area contributed by atoms with Crippen molar-refractivity contribution in [3.05, 3.63) is 0 Å². The van der Waals surface area contributed by atoms with Crippen molar-refractivity contribution in [1.82, 2.24) is 10.2 Å². The Morgan fingerprint density at radius 3 is 2.67 bits per heavy atom. The Hall–Kier alpha value is -0.940. The maximum absolute atomic E-state index is 11.9. The lowest BCUT2D eigenvalue weighted by Crippen LogP contribution is -2.42. The summed E-state index contributed by atoms with van der Waals surface area (Å²) in [7, 11) is 0. The van der Waals surface area contributed by atoms with Crippen LogP contribution in [0.5, 0.6) is 0 Å². The van der Waals surface area contributed by atoms with Crippen LogP contribution in [0.2, 0.25) is 0 Å². The van der Waals surface area contributed by atoms with E-state index in [1.165, 1.54) is 17.7 Å². The highest BCUT2D eigenvalue weighted by Gasteiger charge is 2.39. The number of carbonyl (C=O) groups is 2. The van der Waals surface area contributed by atoms with Crippen molar-refractivity contribution < 1.29 is 14.3 Å². The fraction of sp³-hybridized carbons (Fsp3) is 0.846. The predicted molar refractivity (Wildman–Crippen MR) is 66.9 cm³/mol. The van der Waals surface area contributed by atoms with Crippen molar-refractivity contribution >= 4 is 11.8 Å². The van der Waals surface area contributed by atoms with Gasteiger partial charge in [-0.3, -0.25) is 14.5 Å². The van der Waals surface area contributed by atoms with E-state index in [0.29, 0.717) is 13.2 Å². The summed E-state index contributed by atoms with van der Waals surface area (Å²) in [5.74, 6) is 0.583. The van der Waals surface area contributed by atoms with Gasteiger partial charge in [0.2, 0.25) is 11.8 Å². The van der Waals surface area contributed by atoms with E-state index in [1.54, 1.807) is 0 Å². The van der Waals surface area contributed by atoms with Crippen LogP contribution >= 0.6 is 0 Å². The molecule has 1 unspecified atom stereocenters. The van der Waals surface area contributed by atoms with Crippen LogP contribution < -0.4 is 5.32 Å². The third kappa shape index (κ3) is 3.29. The first-order valence-corrected chi connectivity index (χ1v) is 6.76. The van der Waals surface area contributed by atoms with Crippen molar-refractivity contribution in [2.75, 3.05) is 19.8 Å². The van der Waals surface area contributed by atoms with E-state index in [4.69, 9.17) is 4.74 Å². The van der Waals surface area contributed by atoms with Crippen LogP contribution in [0.15, 0.2) is 0 Å². The molecular formula is C13H22N2O3. The van der Waals surface area contributed by atoms with E-state index in [1.807, 2.05) is 13.8 Å². The number of imide groups is 1. The first-order valence-electron chi connectivity index (χ1n) is 6.76. The fourth-order valence-electron chi connectivity index (χ4n) is 2.19. The highest BCUT2D eigenvalue weighted by atomic mass is 16.5. The summed E-state index contributed by atoms with van der Waals surface area (Å²) in [5.41, 5.74) is 0. The minimum absolute atomic E-state index is 0.0529. The topological polar surface area (TPSA) is 58.6 Å². The van der Waals surface area contributed by atoms with Crippen LogP contribution in [0.1, 0.15) is 33.1 Å². The Morgan fingerprint density at radius 2 is 2.11 bits per heavy atom. The monoisotopic (exact) mass is 254 g/mol. The third-order valence-electron chi connectivity index (χ3n) is 3.39. The van der Waals surface area contributed by atoms with Gasteiger partial charge in [0.15, 0.2) is 0 Å². The second-order valence-corrected chi connectivity index (χ2v) is 5.42. The molecule has 5 nitrogen and oxygen atoms in total. The summed E-state index contributed by atoms with van der Waals surface area (Å²) in [6.07, 6.45) is 2.85. The fourth-order valence-corrected chi connectivity index (χ4v) is 2.19. The zero-order chi connectivity index (χ0) is 13.1. The van der Waals surface area contributed by atoms with Gasteiger partial charge in [-0.1, -0.05) is 0 Å². The molecule has 1 aliphatic heterocycles. The van der Waals surface area contributed by atoms with Crippen molar-refractivity contribution in [3.63, 3.8) is 0 Å². The number of rotatable bonds is 7. The lowest BCUT2D eigenvalue weighted by Gasteiger charge is -2.19. The Kier molecular flexibility index (Phi) is 4.35. The van der Waals surface area contributed by atoms with Gasteiger partial charge in [0, 0.05) is 19.2 Å². The molecule has 1 aliphatic carbocycles.